The molecule has 0 aromatic carbocycles. The highest BCUT2D eigenvalue weighted by atomic mass is 35.5. The average Bonchev–Trinajstić information content (AvgIpc) is 3.12. The van der Waals surface area contributed by atoms with Gasteiger partial charge in [-0.25, -0.2) is 4.98 Å². The van der Waals surface area contributed by atoms with Gasteiger partial charge < -0.3 is 4.84 Å². The Morgan fingerprint density at radius 3 is 3.05 bits per heavy atom. The van der Waals surface area contributed by atoms with E-state index in [9.17, 15) is 0 Å². The zero-order chi connectivity index (χ0) is 14.9. The molecule has 1 aliphatic heterocycles. The van der Waals surface area contributed by atoms with Crippen molar-refractivity contribution in [2.45, 2.75) is 31.6 Å². The molecule has 112 valence electrons. The maximum Gasteiger partial charge on any atom is 0.183 e. The van der Waals surface area contributed by atoms with Crippen LogP contribution in [0.2, 0.25) is 4.47 Å². The fraction of sp³-hybridized carbons (Fsp3) is 0.429. The third-order valence-electron chi connectivity index (χ3n) is 3.22. The van der Waals surface area contributed by atoms with Crippen LogP contribution in [-0.2, 0) is 10.6 Å². The molecule has 1 unspecified atom stereocenters. The Bertz CT molecular complexity index is 667. The van der Waals surface area contributed by atoms with Crippen molar-refractivity contribution in [2.75, 3.05) is 5.75 Å². The molecule has 0 bridgehead atoms. The van der Waals surface area contributed by atoms with Crippen molar-refractivity contribution >= 4 is 51.7 Å². The van der Waals surface area contributed by atoms with Crippen LogP contribution >= 0.6 is 46.0 Å². The summed E-state index contributed by atoms with van der Waals surface area (Å²) in [5.74, 6) is 1.82. The normalized spacial score (nSPS) is 21.4. The number of nitrogens with zero attached hydrogens (tertiary/aromatic N) is 2. The Balaban J connectivity index is 1.54. The van der Waals surface area contributed by atoms with Crippen molar-refractivity contribution in [3.05, 3.63) is 37.4 Å². The monoisotopic (exact) mass is 358 g/mol. The van der Waals surface area contributed by atoms with E-state index in [-0.39, 0.29) is 5.60 Å². The second kappa shape index (κ2) is 6.28. The van der Waals surface area contributed by atoms with Crippen LogP contribution in [0.4, 0.5) is 0 Å². The van der Waals surface area contributed by atoms with Crippen LogP contribution in [0.3, 0.4) is 0 Å². The van der Waals surface area contributed by atoms with Crippen LogP contribution in [0.25, 0.3) is 0 Å². The summed E-state index contributed by atoms with van der Waals surface area (Å²) in [7, 11) is 0. The van der Waals surface area contributed by atoms with Gasteiger partial charge in [-0.05, 0) is 30.9 Å². The molecule has 7 heteroatoms. The first-order chi connectivity index (χ1) is 10.1. The van der Waals surface area contributed by atoms with E-state index in [0.717, 1.165) is 23.6 Å². The minimum absolute atomic E-state index is 0.217. The van der Waals surface area contributed by atoms with Crippen molar-refractivity contribution in [2.24, 2.45) is 5.16 Å². The zero-order valence-corrected chi connectivity index (χ0v) is 15.0. The van der Waals surface area contributed by atoms with Gasteiger partial charge in [0.25, 0.3) is 0 Å². The zero-order valence-electron chi connectivity index (χ0n) is 11.8. The molecule has 0 N–H and O–H groups in total. The molecular weight excluding hydrogens is 344 g/mol. The molecule has 0 saturated heterocycles. The number of hydrogen-bond acceptors (Lipinski definition) is 6. The van der Waals surface area contributed by atoms with E-state index in [0.29, 0.717) is 4.47 Å². The molecule has 1 aliphatic rings. The number of thiophene rings is 1. The van der Waals surface area contributed by atoms with Gasteiger partial charge in [-0.2, -0.15) is 11.8 Å². The lowest BCUT2D eigenvalue weighted by molar-refractivity contribution is 0.0163. The first-order valence-corrected chi connectivity index (χ1v) is 9.76. The predicted molar refractivity (Wildman–Crippen MR) is 93.0 cm³/mol. The summed E-state index contributed by atoms with van der Waals surface area (Å²) in [5, 5.41) is 6.41. The second-order valence-corrected chi connectivity index (χ2v) is 8.86. The fourth-order valence-electron chi connectivity index (χ4n) is 2.17. The van der Waals surface area contributed by atoms with Gasteiger partial charge in [0.1, 0.15) is 11.3 Å². The van der Waals surface area contributed by atoms with E-state index in [2.05, 4.69) is 35.4 Å². The van der Waals surface area contributed by atoms with E-state index in [1.165, 1.54) is 26.7 Å². The number of thiazole rings is 1. The lowest BCUT2D eigenvalue weighted by Crippen LogP contribution is -2.28. The first kappa shape index (κ1) is 15.3. The van der Waals surface area contributed by atoms with E-state index < -0.39 is 0 Å². The Labute approximate surface area is 141 Å². The van der Waals surface area contributed by atoms with Crippen molar-refractivity contribution in [1.82, 2.24) is 4.98 Å². The van der Waals surface area contributed by atoms with Crippen LogP contribution < -0.4 is 0 Å². The van der Waals surface area contributed by atoms with E-state index in [1.807, 2.05) is 18.0 Å². The molecule has 0 saturated carbocycles. The van der Waals surface area contributed by atoms with Crippen molar-refractivity contribution in [3.63, 3.8) is 0 Å². The highest BCUT2D eigenvalue weighted by molar-refractivity contribution is 7.98. The summed E-state index contributed by atoms with van der Waals surface area (Å²) in [4.78, 5) is 12.2. The van der Waals surface area contributed by atoms with Crippen LogP contribution in [0.1, 0.15) is 28.7 Å². The molecule has 3 heterocycles. The SMILES string of the molecule is Cc1ccsc1C1=NOC(C)(CSCc2cnc(Cl)s2)C1. The quantitative estimate of drug-likeness (QED) is 0.755. The molecule has 21 heavy (non-hydrogen) atoms. The summed E-state index contributed by atoms with van der Waals surface area (Å²) >= 11 is 10.9. The van der Waals surface area contributed by atoms with Crippen LogP contribution in [-0.4, -0.2) is 22.0 Å². The van der Waals surface area contributed by atoms with E-state index >= 15 is 0 Å². The second-order valence-electron chi connectivity index (χ2n) is 5.26. The predicted octanol–water partition coefficient (Wildman–Crippen LogP) is 4.98. The number of thioether (sulfide) groups is 1. The number of aryl methyl sites for hydroxylation is 1. The first-order valence-electron chi connectivity index (χ1n) is 6.53. The number of aromatic nitrogens is 1. The molecule has 0 amide bonds. The van der Waals surface area contributed by atoms with Crippen molar-refractivity contribution in [3.8, 4) is 0 Å². The molecule has 0 spiro atoms. The smallest absolute Gasteiger partial charge is 0.183 e. The molecule has 3 rings (SSSR count). The van der Waals surface area contributed by atoms with Gasteiger partial charge in [0, 0.05) is 29.0 Å². The lowest BCUT2D eigenvalue weighted by Gasteiger charge is -2.20. The Hall–Kier alpha value is -0.560. The number of halogens is 1. The standard InChI is InChI=1S/C14H15ClN2OS3/c1-9-3-4-20-12(9)11-5-14(2,18-17-11)8-19-7-10-6-16-13(15)21-10/h3-4,6H,5,7-8H2,1-2H3. The molecule has 0 radical (unpaired) electrons. The maximum atomic E-state index is 5.84. The molecule has 2 aromatic rings. The number of rotatable bonds is 5. The highest BCUT2D eigenvalue weighted by Crippen LogP contribution is 2.33. The Kier molecular flexibility index (Phi) is 4.59. The third kappa shape index (κ3) is 3.62. The van der Waals surface area contributed by atoms with Gasteiger partial charge in [-0.15, -0.1) is 22.7 Å². The summed E-state index contributed by atoms with van der Waals surface area (Å²) in [5.41, 5.74) is 2.13. The van der Waals surface area contributed by atoms with Crippen molar-refractivity contribution in [1.29, 1.82) is 0 Å². The van der Waals surface area contributed by atoms with Gasteiger partial charge in [-0.1, -0.05) is 16.8 Å². The summed E-state index contributed by atoms with van der Waals surface area (Å²) in [6.45, 7) is 4.24. The molecular formula is C14H15ClN2OS3. The van der Waals surface area contributed by atoms with Gasteiger partial charge in [0.15, 0.2) is 4.47 Å². The molecule has 0 fully saturated rings. The van der Waals surface area contributed by atoms with Gasteiger partial charge in [0.2, 0.25) is 0 Å². The minimum Gasteiger partial charge on any atom is -0.388 e. The molecule has 3 nitrogen and oxygen atoms in total. The van der Waals surface area contributed by atoms with Gasteiger partial charge >= 0.3 is 0 Å². The minimum atomic E-state index is -0.217. The number of hydrogen-bond donors (Lipinski definition) is 0. The van der Waals surface area contributed by atoms with Crippen LogP contribution in [0.5, 0.6) is 0 Å². The molecule has 1 atom stereocenters. The summed E-state index contributed by atoms with van der Waals surface area (Å²) in [6, 6.07) is 2.13. The summed E-state index contributed by atoms with van der Waals surface area (Å²) in [6.07, 6.45) is 2.71. The van der Waals surface area contributed by atoms with Gasteiger partial charge in [0.05, 0.1) is 4.88 Å². The largest absolute Gasteiger partial charge is 0.388 e. The fourth-order valence-corrected chi connectivity index (χ4v) is 5.30. The highest BCUT2D eigenvalue weighted by Gasteiger charge is 2.35. The number of oxime groups is 1. The maximum absolute atomic E-state index is 5.84. The van der Waals surface area contributed by atoms with Crippen LogP contribution in [0, 0.1) is 6.92 Å². The summed E-state index contributed by atoms with van der Waals surface area (Å²) < 4.78 is 0.604. The van der Waals surface area contributed by atoms with E-state index in [1.54, 1.807) is 11.3 Å². The van der Waals surface area contributed by atoms with Gasteiger partial charge in [-0.3, -0.25) is 0 Å². The van der Waals surface area contributed by atoms with Crippen LogP contribution in [0.15, 0.2) is 22.8 Å². The Morgan fingerprint density at radius 1 is 1.52 bits per heavy atom. The molecule has 2 aromatic heterocycles. The van der Waals surface area contributed by atoms with E-state index in [4.69, 9.17) is 16.4 Å². The topological polar surface area (TPSA) is 34.5 Å². The molecule has 0 aliphatic carbocycles. The Morgan fingerprint density at radius 2 is 2.38 bits per heavy atom. The third-order valence-corrected chi connectivity index (χ3v) is 6.91. The lowest BCUT2D eigenvalue weighted by atomic mass is 10.0. The van der Waals surface area contributed by atoms with Crippen molar-refractivity contribution < 1.29 is 4.84 Å². The average molecular weight is 359 g/mol.